The molecule has 0 aromatic heterocycles. The minimum Gasteiger partial charge on any atom is -0.480 e. The molecule has 1 aromatic rings. The molecule has 5 nitrogen and oxygen atoms in total. The third-order valence-electron chi connectivity index (χ3n) is 4.15. The Morgan fingerprint density at radius 2 is 2.04 bits per heavy atom. The van der Waals surface area contributed by atoms with E-state index in [1.165, 1.54) is 0 Å². The van der Waals surface area contributed by atoms with Crippen LogP contribution in [0.3, 0.4) is 0 Å². The molecule has 0 bridgehead atoms. The summed E-state index contributed by atoms with van der Waals surface area (Å²) in [5.41, 5.74) is 8.23. The van der Waals surface area contributed by atoms with Crippen molar-refractivity contribution in [1.82, 2.24) is 5.32 Å². The molecular weight excluding hydrogens is 416 g/mol. The minimum absolute atomic E-state index is 0. The highest BCUT2D eigenvalue weighted by Crippen LogP contribution is 2.22. The van der Waals surface area contributed by atoms with Crippen LogP contribution in [-0.2, 0) is 11.2 Å². The zero-order valence-corrected chi connectivity index (χ0v) is 19.1. The third-order valence-corrected chi connectivity index (χ3v) is 5.21. The van der Waals surface area contributed by atoms with Crippen LogP contribution in [0.15, 0.2) is 30.4 Å². The number of thiol groups is 1. The lowest BCUT2D eigenvalue weighted by Crippen LogP contribution is -2.41. The van der Waals surface area contributed by atoms with Gasteiger partial charge in [-0.25, -0.2) is 4.79 Å². The van der Waals surface area contributed by atoms with Gasteiger partial charge in [-0.15, -0.1) is 12.4 Å². The zero-order valence-electron chi connectivity index (χ0n) is 16.6. The van der Waals surface area contributed by atoms with Crippen molar-refractivity contribution in [3.8, 4) is 0 Å². The second-order valence-electron chi connectivity index (χ2n) is 6.70. The minimum atomic E-state index is -1.01. The molecular formula is C20H31ClN2O3S2. The number of hydrogen-bond acceptors (Lipinski definition) is 5. The molecule has 0 spiro atoms. The van der Waals surface area contributed by atoms with Crippen molar-refractivity contribution in [2.24, 2.45) is 5.73 Å². The standard InChI is InChI=1S/C20H30N2O3S2.ClH/c1-13(2)16-8-7-14(5-4-6-15(21)12-26)11-17(16)19(23)22-18(20(24)25)9-10-27-3;/h4,6-8,11,13,15,18,26H,5,9-10,12,21H2,1-3H3,(H,22,23)(H,24,25);1H/b6-4+;/t15?,18-;/m0./s1. The van der Waals surface area contributed by atoms with E-state index in [1.54, 1.807) is 11.8 Å². The van der Waals surface area contributed by atoms with Gasteiger partial charge in [0.1, 0.15) is 6.04 Å². The number of carbonyl (C=O) groups excluding carboxylic acids is 1. The molecule has 2 atom stereocenters. The molecule has 1 amide bonds. The molecule has 4 N–H and O–H groups in total. The molecule has 8 heteroatoms. The lowest BCUT2D eigenvalue weighted by atomic mass is 9.93. The molecule has 158 valence electrons. The first kappa shape index (κ1) is 26.9. The molecule has 1 unspecified atom stereocenters. The molecule has 1 aromatic carbocycles. The lowest BCUT2D eigenvalue weighted by molar-refractivity contribution is -0.139. The maximum absolute atomic E-state index is 12.8. The SMILES string of the molecule is CSCC[C@H](NC(=O)c1cc(C/C=C/C(N)CS)ccc1C(C)C)C(=O)O.Cl. The molecule has 0 aliphatic rings. The number of benzene rings is 1. The number of halogens is 1. The van der Waals surface area contributed by atoms with Gasteiger partial charge in [0.05, 0.1) is 0 Å². The van der Waals surface area contributed by atoms with E-state index in [9.17, 15) is 14.7 Å². The topological polar surface area (TPSA) is 92.4 Å². The van der Waals surface area contributed by atoms with Crippen LogP contribution in [-0.4, -0.2) is 46.8 Å². The van der Waals surface area contributed by atoms with Crippen LogP contribution in [0.1, 0.15) is 47.7 Å². The Hall–Kier alpha value is -1.15. The molecule has 0 fully saturated rings. The Morgan fingerprint density at radius 3 is 2.57 bits per heavy atom. The fraction of sp³-hybridized carbons (Fsp3) is 0.500. The van der Waals surface area contributed by atoms with Crippen molar-refractivity contribution < 1.29 is 14.7 Å². The van der Waals surface area contributed by atoms with Gasteiger partial charge < -0.3 is 16.2 Å². The van der Waals surface area contributed by atoms with Gasteiger partial charge >= 0.3 is 5.97 Å². The molecule has 0 saturated carbocycles. The van der Waals surface area contributed by atoms with Gasteiger partial charge in [-0.3, -0.25) is 4.79 Å². The number of rotatable bonds is 11. The number of nitrogens with two attached hydrogens (primary N) is 1. The van der Waals surface area contributed by atoms with Crippen molar-refractivity contribution in [2.75, 3.05) is 17.8 Å². The summed E-state index contributed by atoms with van der Waals surface area (Å²) in [6, 6.07) is 4.79. The van der Waals surface area contributed by atoms with E-state index in [2.05, 4.69) is 17.9 Å². The molecule has 0 aliphatic heterocycles. The van der Waals surface area contributed by atoms with Gasteiger partial charge in [0.15, 0.2) is 0 Å². The van der Waals surface area contributed by atoms with Crippen LogP contribution in [0.4, 0.5) is 0 Å². The van der Waals surface area contributed by atoms with E-state index in [-0.39, 0.29) is 30.3 Å². The highest BCUT2D eigenvalue weighted by atomic mass is 35.5. The fourth-order valence-electron chi connectivity index (χ4n) is 2.60. The highest BCUT2D eigenvalue weighted by molar-refractivity contribution is 7.98. The van der Waals surface area contributed by atoms with Crippen molar-refractivity contribution >= 4 is 48.7 Å². The van der Waals surface area contributed by atoms with Gasteiger partial charge in [0.25, 0.3) is 5.91 Å². The van der Waals surface area contributed by atoms with Crippen LogP contribution < -0.4 is 11.1 Å². The summed E-state index contributed by atoms with van der Waals surface area (Å²) >= 11 is 5.70. The summed E-state index contributed by atoms with van der Waals surface area (Å²) in [5, 5.41) is 12.0. The van der Waals surface area contributed by atoms with Crippen LogP contribution in [0.2, 0.25) is 0 Å². The van der Waals surface area contributed by atoms with Gasteiger partial charge in [0.2, 0.25) is 0 Å². The molecule has 28 heavy (non-hydrogen) atoms. The Balaban J connectivity index is 0.00000729. The number of allylic oxidation sites excluding steroid dienone is 1. The average Bonchev–Trinajstić information content (AvgIpc) is 2.64. The quantitative estimate of drug-likeness (QED) is 0.308. The van der Waals surface area contributed by atoms with Crippen LogP contribution in [0, 0.1) is 0 Å². The number of carboxylic acid groups (broad SMARTS) is 1. The molecule has 0 saturated heterocycles. The summed E-state index contributed by atoms with van der Waals surface area (Å²) in [6.45, 7) is 4.03. The Morgan fingerprint density at radius 1 is 1.36 bits per heavy atom. The van der Waals surface area contributed by atoms with E-state index in [0.29, 0.717) is 29.9 Å². The van der Waals surface area contributed by atoms with Crippen LogP contribution in [0.5, 0.6) is 0 Å². The maximum Gasteiger partial charge on any atom is 0.326 e. The van der Waals surface area contributed by atoms with Crippen molar-refractivity contribution in [3.05, 3.63) is 47.0 Å². The van der Waals surface area contributed by atoms with Gasteiger partial charge in [-0.1, -0.05) is 38.1 Å². The fourth-order valence-corrected chi connectivity index (χ4v) is 3.19. The molecule has 1 rings (SSSR count). The van der Waals surface area contributed by atoms with Crippen molar-refractivity contribution in [1.29, 1.82) is 0 Å². The van der Waals surface area contributed by atoms with E-state index >= 15 is 0 Å². The Bertz CT molecular complexity index is 669. The maximum atomic E-state index is 12.8. The zero-order chi connectivity index (χ0) is 20.4. The number of carboxylic acids is 1. The third kappa shape index (κ3) is 8.90. The number of nitrogens with one attached hydrogen (secondary N) is 1. The summed E-state index contributed by atoms with van der Waals surface area (Å²) in [4.78, 5) is 24.2. The van der Waals surface area contributed by atoms with Crippen molar-refractivity contribution in [3.63, 3.8) is 0 Å². The summed E-state index contributed by atoms with van der Waals surface area (Å²) in [7, 11) is 0. The average molecular weight is 447 g/mol. The summed E-state index contributed by atoms with van der Waals surface area (Å²) in [5.74, 6) is 0.0453. The van der Waals surface area contributed by atoms with E-state index in [1.807, 2.05) is 50.5 Å². The number of amides is 1. The molecule has 0 aliphatic carbocycles. The summed E-state index contributed by atoms with van der Waals surface area (Å²) in [6.07, 6.45) is 6.81. The van der Waals surface area contributed by atoms with Crippen LogP contribution in [0.25, 0.3) is 0 Å². The Kier molecular flexibility index (Phi) is 13.4. The summed E-state index contributed by atoms with van der Waals surface area (Å²) < 4.78 is 0. The molecule has 0 heterocycles. The second-order valence-corrected chi connectivity index (χ2v) is 8.05. The van der Waals surface area contributed by atoms with Gasteiger partial charge in [0, 0.05) is 17.4 Å². The van der Waals surface area contributed by atoms with Gasteiger partial charge in [-0.05, 0) is 48.0 Å². The van der Waals surface area contributed by atoms with E-state index < -0.39 is 12.0 Å². The number of thioether (sulfide) groups is 1. The molecule has 0 radical (unpaired) electrons. The lowest BCUT2D eigenvalue weighted by Gasteiger charge is -2.18. The first-order valence-corrected chi connectivity index (χ1v) is 11.0. The number of aliphatic carboxylic acids is 1. The number of hydrogen-bond donors (Lipinski definition) is 4. The predicted molar refractivity (Wildman–Crippen MR) is 124 cm³/mol. The largest absolute Gasteiger partial charge is 0.480 e. The monoisotopic (exact) mass is 446 g/mol. The smallest absolute Gasteiger partial charge is 0.326 e. The first-order valence-electron chi connectivity index (χ1n) is 8.98. The van der Waals surface area contributed by atoms with Crippen molar-refractivity contribution in [2.45, 2.75) is 44.7 Å². The predicted octanol–water partition coefficient (Wildman–Crippen LogP) is 3.52. The van der Waals surface area contributed by atoms with E-state index in [0.717, 1.165) is 11.1 Å². The van der Waals surface area contributed by atoms with Gasteiger partial charge in [-0.2, -0.15) is 24.4 Å². The first-order chi connectivity index (χ1) is 12.8. The second kappa shape index (κ2) is 13.9. The normalized spacial score (nSPS) is 13.2. The Labute approximate surface area is 183 Å². The number of carbonyl (C=O) groups is 2. The van der Waals surface area contributed by atoms with Crippen LogP contribution >= 0.6 is 36.8 Å². The highest BCUT2D eigenvalue weighted by Gasteiger charge is 2.22. The van der Waals surface area contributed by atoms with E-state index in [4.69, 9.17) is 5.73 Å².